The molecule has 86 valence electrons. The second-order valence-corrected chi connectivity index (χ2v) is 3.71. The van der Waals surface area contributed by atoms with E-state index in [1.165, 1.54) is 6.26 Å². The van der Waals surface area contributed by atoms with E-state index in [9.17, 15) is 0 Å². The van der Waals surface area contributed by atoms with Gasteiger partial charge in [0.1, 0.15) is 6.26 Å². The fourth-order valence-electron chi connectivity index (χ4n) is 1.29. The average molecular weight is 223 g/mol. The molecule has 7 heteroatoms. The van der Waals surface area contributed by atoms with Gasteiger partial charge in [-0.1, -0.05) is 10.3 Å². The monoisotopic (exact) mass is 223 g/mol. The number of rotatable bonds is 4. The maximum absolute atomic E-state index is 5.89. The lowest BCUT2D eigenvalue weighted by molar-refractivity contribution is 0.356. The highest BCUT2D eigenvalue weighted by Crippen LogP contribution is 2.16. The second-order valence-electron chi connectivity index (χ2n) is 3.71. The molecule has 7 nitrogen and oxygen atoms in total. The minimum atomic E-state index is -0.278. The average Bonchev–Trinajstić information content (AvgIpc) is 2.87. The minimum Gasteiger partial charge on any atom is -0.364 e. The van der Waals surface area contributed by atoms with Crippen LogP contribution in [0, 0.1) is 0 Å². The summed E-state index contributed by atoms with van der Waals surface area (Å²) in [7, 11) is 3.86. The Morgan fingerprint density at radius 1 is 1.44 bits per heavy atom. The highest BCUT2D eigenvalue weighted by molar-refractivity contribution is 5.44. The molecule has 16 heavy (non-hydrogen) atoms. The summed E-state index contributed by atoms with van der Waals surface area (Å²) >= 11 is 0. The van der Waals surface area contributed by atoms with Crippen molar-refractivity contribution in [2.75, 3.05) is 20.6 Å². The zero-order valence-corrected chi connectivity index (χ0v) is 9.12. The highest BCUT2D eigenvalue weighted by Gasteiger charge is 2.17. The predicted octanol–water partition coefficient (Wildman–Crippen LogP) is 0.286. The van der Waals surface area contributed by atoms with Crippen molar-refractivity contribution in [2.45, 2.75) is 6.04 Å². The smallest absolute Gasteiger partial charge is 0.280 e. The van der Waals surface area contributed by atoms with Crippen LogP contribution in [0.1, 0.15) is 11.9 Å². The van der Waals surface area contributed by atoms with Crippen molar-refractivity contribution in [1.29, 1.82) is 0 Å². The molecule has 0 fully saturated rings. The molecule has 1 unspecified atom stereocenters. The van der Waals surface area contributed by atoms with E-state index in [-0.39, 0.29) is 6.04 Å². The second kappa shape index (κ2) is 4.42. The lowest BCUT2D eigenvalue weighted by Gasteiger charge is -2.12. The summed E-state index contributed by atoms with van der Waals surface area (Å²) in [5.41, 5.74) is 6.40. The molecule has 2 aromatic rings. The molecule has 0 spiro atoms. The van der Waals surface area contributed by atoms with Gasteiger partial charge < -0.3 is 19.7 Å². The van der Waals surface area contributed by atoms with Gasteiger partial charge in [0.05, 0.1) is 6.04 Å². The largest absolute Gasteiger partial charge is 0.364 e. The van der Waals surface area contributed by atoms with Crippen molar-refractivity contribution in [3.63, 3.8) is 0 Å². The Hall–Kier alpha value is -1.73. The maximum atomic E-state index is 5.89. The molecule has 0 aromatic carbocycles. The first-order valence-electron chi connectivity index (χ1n) is 4.81. The van der Waals surface area contributed by atoms with Crippen LogP contribution in [0.2, 0.25) is 0 Å². The van der Waals surface area contributed by atoms with Crippen molar-refractivity contribution in [3.8, 4) is 11.6 Å². The summed E-state index contributed by atoms with van der Waals surface area (Å²) in [6, 6.07) is 1.37. The summed E-state index contributed by atoms with van der Waals surface area (Å²) in [5, 5.41) is 7.50. The molecular formula is C9H13N5O2. The summed E-state index contributed by atoms with van der Waals surface area (Å²) in [5.74, 6) is 0.782. The molecule has 0 aliphatic rings. The van der Waals surface area contributed by atoms with E-state index in [2.05, 4.69) is 19.8 Å². The normalized spacial score (nSPS) is 13.2. The summed E-state index contributed by atoms with van der Waals surface area (Å²) in [6.45, 7) is 0.651. The third kappa shape index (κ3) is 2.26. The number of hydrogen-bond donors (Lipinski definition) is 1. The van der Waals surface area contributed by atoms with E-state index >= 15 is 0 Å². The van der Waals surface area contributed by atoms with Gasteiger partial charge in [0.25, 0.3) is 5.89 Å². The van der Waals surface area contributed by atoms with Gasteiger partial charge in [-0.3, -0.25) is 0 Å². The predicted molar refractivity (Wildman–Crippen MR) is 55.3 cm³/mol. The Bertz CT molecular complexity index is 436. The third-order valence-corrected chi connectivity index (χ3v) is 1.99. The quantitative estimate of drug-likeness (QED) is 0.795. The molecular weight excluding hydrogens is 210 g/mol. The van der Waals surface area contributed by atoms with Gasteiger partial charge in [-0.2, -0.15) is 4.98 Å². The fourth-order valence-corrected chi connectivity index (χ4v) is 1.29. The summed E-state index contributed by atoms with van der Waals surface area (Å²) < 4.78 is 9.72. The van der Waals surface area contributed by atoms with E-state index in [1.807, 2.05) is 19.0 Å². The lowest BCUT2D eigenvalue weighted by atomic mass is 10.3. The van der Waals surface area contributed by atoms with E-state index in [4.69, 9.17) is 10.3 Å². The van der Waals surface area contributed by atoms with Crippen LogP contribution in [0.15, 0.2) is 21.4 Å². The molecule has 0 aliphatic carbocycles. The van der Waals surface area contributed by atoms with Crippen molar-refractivity contribution in [3.05, 3.63) is 18.2 Å². The minimum absolute atomic E-state index is 0.278. The number of nitrogens with zero attached hydrogens (tertiary/aromatic N) is 4. The van der Waals surface area contributed by atoms with Gasteiger partial charge in [-0.15, -0.1) is 0 Å². The van der Waals surface area contributed by atoms with E-state index in [1.54, 1.807) is 6.07 Å². The molecule has 0 radical (unpaired) electrons. The van der Waals surface area contributed by atoms with Gasteiger partial charge >= 0.3 is 0 Å². The molecule has 0 saturated heterocycles. The Kier molecular flexibility index (Phi) is 2.97. The number of nitrogens with two attached hydrogens (primary N) is 1. The van der Waals surface area contributed by atoms with Crippen molar-refractivity contribution in [1.82, 2.24) is 20.2 Å². The maximum Gasteiger partial charge on any atom is 0.280 e. The van der Waals surface area contributed by atoms with E-state index in [0.29, 0.717) is 24.0 Å². The fraction of sp³-hybridized carbons (Fsp3) is 0.444. The molecule has 0 saturated carbocycles. The first-order valence-corrected chi connectivity index (χ1v) is 4.81. The van der Waals surface area contributed by atoms with Crippen LogP contribution in [0.5, 0.6) is 0 Å². The number of hydrogen-bond acceptors (Lipinski definition) is 7. The van der Waals surface area contributed by atoms with Gasteiger partial charge in [0, 0.05) is 12.6 Å². The topological polar surface area (TPSA) is 94.2 Å². The van der Waals surface area contributed by atoms with Crippen LogP contribution in [-0.2, 0) is 0 Å². The van der Waals surface area contributed by atoms with Crippen LogP contribution in [0.3, 0.4) is 0 Å². The van der Waals surface area contributed by atoms with Gasteiger partial charge in [-0.05, 0) is 14.1 Å². The first-order chi connectivity index (χ1) is 7.66. The highest BCUT2D eigenvalue weighted by atomic mass is 16.5. The molecule has 2 N–H and O–H groups in total. The van der Waals surface area contributed by atoms with Gasteiger partial charge in [0.2, 0.25) is 0 Å². The zero-order chi connectivity index (χ0) is 11.5. The number of aromatic nitrogens is 3. The van der Waals surface area contributed by atoms with Crippen molar-refractivity contribution in [2.24, 2.45) is 5.73 Å². The van der Waals surface area contributed by atoms with Crippen molar-refractivity contribution >= 4 is 0 Å². The lowest BCUT2D eigenvalue weighted by Crippen LogP contribution is -2.26. The SMILES string of the molecule is CN(C)CC(N)c1noc(-c2ccon2)n1. The van der Waals surface area contributed by atoms with Gasteiger partial charge in [0.15, 0.2) is 11.5 Å². The standard InChI is InChI=1S/C9H13N5O2/c1-14(2)5-6(10)8-11-9(16-13-8)7-3-4-15-12-7/h3-4,6H,5,10H2,1-2H3. The van der Waals surface area contributed by atoms with Crippen LogP contribution < -0.4 is 5.73 Å². The molecule has 2 aromatic heterocycles. The Morgan fingerprint density at radius 2 is 2.25 bits per heavy atom. The Morgan fingerprint density at radius 3 is 2.88 bits per heavy atom. The van der Waals surface area contributed by atoms with E-state index in [0.717, 1.165) is 0 Å². The van der Waals surface area contributed by atoms with Crippen LogP contribution in [-0.4, -0.2) is 40.8 Å². The first kappa shape index (κ1) is 10.8. The molecule has 2 rings (SSSR count). The Balaban J connectivity index is 2.13. The van der Waals surface area contributed by atoms with Crippen LogP contribution >= 0.6 is 0 Å². The van der Waals surface area contributed by atoms with Crippen LogP contribution in [0.25, 0.3) is 11.6 Å². The molecule has 0 aliphatic heterocycles. The molecule has 1 atom stereocenters. The molecule has 2 heterocycles. The molecule has 0 amide bonds. The number of likely N-dealkylation sites (N-methyl/N-ethyl adjacent to an activating group) is 1. The van der Waals surface area contributed by atoms with Crippen molar-refractivity contribution < 1.29 is 9.05 Å². The summed E-state index contributed by atoms with van der Waals surface area (Å²) in [4.78, 5) is 6.11. The third-order valence-electron chi connectivity index (χ3n) is 1.99. The summed E-state index contributed by atoms with van der Waals surface area (Å²) in [6.07, 6.45) is 1.44. The van der Waals surface area contributed by atoms with E-state index < -0.39 is 0 Å². The molecule has 0 bridgehead atoms. The van der Waals surface area contributed by atoms with Gasteiger partial charge in [-0.25, -0.2) is 0 Å². The zero-order valence-electron chi connectivity index (χ0n) is 9.12. The Labute approximate surface area is 92.2 Å². The van der Waals surface area contributed by atoms with Crippen LogP contribution in [0.4, 0.5) is 0 Å².